The first-order valence-corrected chi connectivity index (χ1v) is 11.3. The summed E-state index contributed by atoms with van der Waals surface area (Å²) in [4.78, 5) is 12.9. The Kier molecular flexibility index (Phi) is 5.28. The van der Waals surface area contributed by atoms with Crippen LogP contribution in [0.4, 0.5) is 0 Å². The average molecular weight is 407 g/mol. The standard InChI is InChI=1S/C26H30O4/c1-29-21-7-10-24-17(13-21)5-6-18(26(24)28)11-19-12-20(19)15-30-22-8-9-23-16(14-22)3-2-4-25(23)27/h7-10,13-14,18-20,25,27H,2-6,11-12,15H2,1H3/t18?,19?,20-,25?/m1/s1. The Labute approximate surface area is 178 Å². The minimum absolute atomic E-state index is 0.145. The molecule has 4 atom stereocenters. The van der Waals surface area contributed by atoms with E-state index in [1.165, 1.54) is 5.56 Å². The highest BCUT2D eigenvalue weighted by atomic mass is 16.5. The molecule has 1 fully saturated rings. The summed E-state index contributed by atoms with van der Waals surface area (Å²) in [6, 6.07) is 11.9. The summed E-state index contributed by atoms with van der Waals surface area (Å²) in [5.74, 6) is 3.33. The number of aliphatic hydroxyl groups excluding tert-OH is 1. The average Bonchev–Trinajstić information content (AvgIpc) is 3.52. The SMILES string of the molecule is COc1ccc2c(c1)CCC(CC1C[C@@H]1COc1ccc3c(c1)CCCC3O)C2=O. The van der Waals surface area contributed by atoms with Crippen LogP contribution in [-0.2, 0) is 12.8 Å². The second-order valence-corrected chi connectivity index (χ2v) is 9.19. The van der Waals surface area contributed by atoms with Gasteiger partial charge in [0, 0.05) is 11.5 Å². The van der Waals surface area contributed by atoms with Crippen LogP contribution in [-0.4, -0.2) is 24.6 Å². The Hall–Kier alpha value is -2.33. The maximum absolute atomic E-state index is 12.9. The lowest BCUT2D eigenvalue weighted by Crippen LogP contribution is -2.23. The predicted octanol–water partition coefficient (Wildman–Crippen LogP) is 4.92. The quantitative estimate of drug-likeness (QED) is 0.740. The van der Waals surface area contributed by atoms with Crippen LogP contribution in [0.1, 0.15) is 65.3 Å². The molecule has 3 aliphatic rings. The maximum Gasteiger partial charge on any atom is 0.166 e. The number of rotatable bonds is 6. The number of hydrogen-bond donors (Lipinski definition) is 1. The first-order valence-electron chi connectivity index (χ1n) is 11.3. The van der Waals surface area contributed by atoms with Gasteiger partial charge < -0.3 is 14.6 Å². The molecule has 3 unspecified atom stereocenters. The van der Waals surface area contributed by atoms with E-state index >= 15 is 0 Å². The summed E-state index contributed by atoms with van der Waals surface area (Å²) in [7, 11) is 1.66. The number of methoxy groups -OCH3 is 1. The van der Waals surface area contributed by atoms with Crippen molar-refractivity contribution < 1.29 is 19.4 Å². The van der Waals surface area contributed by atoms with Gasteiger partial charge in [-0.1, -0.05) is 6.07 Å². The second kappa shape index (κ2) is 8.07. The van der Waals surface area contributed by atoms with E-state index in [0.29, 0.717) is 17.6 Å². The van der Waals surface area contributed by atoms with Crippen molar-refractivity contribution in [3.05, 3.63) is 58.7 Å². The monoisotopic (exact) mass is 406 g/mol. The Bertz CT molecular complexity index is 950. The molecule has 0 amide bonds. The molecule has 1 saturated carbocycles. The fraction of sp³-hybridized carbons (Fsp3) is 0.500. The lowest BCUT2D eigenvalue weighted by atomic mass is 9.80. The van der Waals surface area contributed by atoms with Crippen molar-refractivity contribution in [2.45, 2.75) is 51.0 Å². The Balaban J connectivity index is 1.14. The third kappa shape index (κ3) is 3.85. The molecule has 0 spiro atoms. The highest BCUT2D eigenvalue weighted by Gasteiger charge is 2.41. The second-order valence-electron chi connectivity index (χ2n) is 9.19. The fourth-order valence-corrected chi connectivity index (χ4v) is 5.28. The molecule has 4 heteroatoms. The number of Topliss-reactive ketones (excluding diaryl/α,β-unsaturated/α-hetero) is 1. The van der Waals surface area contributed by atoms with Gasteiger partial charge in [0.1, 0.15) is 11.5 Å². The summed E-state index contributed by atoms with van der Waals surface area (Å²) >= 11 is 0. The molecule has 1 N–H and O–H groups in total. The zero-order chi connectivity index (χ0) is 20.7. The molecule has 4 nitrogen and oxygen atoms in total. The van der Waals surface area contributed by atoms with Crippen molar-refractivity contribution in [2.24, 2.45) is 17.8 Å². The number of carbonyl (C=O) groups is 1. The number of aliphatic hydroxyl groups is 1. The molecule has 30 heavy (non-hydrogen) atoms. The molecule has 0 aromatic heterocycles. The van der Waals surface area contributed by atoms with Crippen LogP contribution in [0.2, 0.25) is 0 Å². The molecule has 0 heterocycles. The smallest absolute Gasteiger partial charge is 0.166 e. The van der Waals surface area contributed by atoms with Gasteiger partial charge >= 0.3 is 0 Å². The number of aryl methyl sites for hydroxylation is 2. The van der Waals surface area contributed by atoms with Crippen molar-refractivity contribution in [3.63, 3.8) is 0 Å². The molecule has 2 aromatic rings. The minimum Gasteiger partial charge on any atom is -0.497 e. The van der Waals surface area contributed by atoms with Crippen molar-refractivity contribution >= 4 is 5.78 Å². The summed E-state index contributed by atoms with van der Waals surface area (Å²) in [5, 5.41) is 10.1. The normalized spacial score (nSPS) is 27.2. The zero-order valence-corrected chi connectivity index (χ0v) is 17.6. The minimum atomic E-state index is -0.324. The van der Waals surface area contributed by atoms with E-state index in [1.54, 1.807) is 7.11 Å². The summed E-state index contributed by atoms with van der Waals surface area (Å²) in [6.45, 7) is 0.723. The highest BCUT2D eigenvalue weighted by molar-refractivity contribution is 6.00. The van der Waals surface area contributed by atoms with Crippen LogP contribution in [0.5, 0.6) is 11.5 Å². The number of ketones is 1. The van der Waals surface area contributed by atoms with Crippen LogP contribution in [0, 0.1) is 17.8 Å². The molecule has 2 aromatic carbocycles. The van der Waals surface area contributed by atoms with Gasteiger partial charge in [0.15, 0.2) is 5.78 Å². The van der Waals surface area contributed by atoms with Gasteiger partial charge in [0.2, 0.25) is 0 Å². The van der Waals surface area contributed by atoms with E-state index in [-0.39, 0.29) is 12.0 Å². The first kappa shape index (κ1) is 19.6. The number of carbonyl (C=O) groups excluding carboxylic acids is 1. The maximum atomic E-state index is 12.9. The van der Waals surface area contributed by atoms with Crippen molar-refractivity contribution in [3.8, 4) is 11.5 Å². The Morgan fingerprint density at radius 2 is 1.83 bits per heavy atom. The van der Waals surface area contributed by atoms with Gasteiger partial charge in [-0.2, -0.15) is 0 Å². The van der Waals surface area contributed by atoms with Gasteiger partial charge in [0.05, 0.1) is 19.8 Å². The highest BCUT2D eigenvalue weighted by Crippen LogP contribution is 2.46. The van der Waals surface area contributed by atoms with E-state index in [9.17, 15) is 9.90 Å². The third-order valence-corrected chi connectivity index (χ3v) is 7.23. The van der Waals surface area contributed by atoms with Crippen molar-refractivity contribution in [1.82, 2.24) is 0 Å². The molecule has 0 saturated heterocycles. The molecule has 0 aliphatic heterocycles. The van der Waals surface area contributed by atoms with E-state index in [2.05, 4.69) is 6.07 Å². The van der Waals surface area contributed by atoms with E-state index in [1.807, 2.05) is 30.3 Å². The number of hydrogen-bond acceptors (Lipinski definition) is 4. The topological polar surface area (TPSA) is 55.8 Å². The van der Waals surface area contributed by atoms with Crippen LogP contribution in [0.3, 0.4) is 0 Å². The summed E-state index contributed by atoms with van der Waals surface area (Å²) in [5.41, 5.74) is 4.30. The van der Waals surface area contributed by atoms with Crippen molar-refractivity contribution in [1.29, 1.82) is 0 Å². The largest absolute Gasteiger partial charge is 0.497 e. The number of benzene rings is 2. The van der Waals surface area contributed by atoms with Crippen LogP contribution < -0.4 is 9.47 Å². The summed E-state index contributed by atoms with van der Waals surface area (Å²) in [6.07, 6.45) is 6.62. The fourth-order valence-electron chi connectivity index (χ4n) is 5.28. The molecule has 158 valence electrons. The van der Waals surface area contributed by atoms with E-state index in [4.69, 9.17) is 9.47 Å². The molecular formula is C26H30O4. The molecular weight excluding hydrogens is 376 g/mol. The first-order chi connectivity index (χ1) is 14.6. The van der Waals surface area contributed by atoms with Gasteiger partial charge in [-0.25, -0.2) is 0 Å². The van der Waals surface area contributed by atoms with Gasteiger partial charge in [-0.3, -0.25) is 4.79 Å². The lowest BCUT2D eigenvalue weighted by Gasteiger charge is -2.24. The molecule has 0 radical (unpaired) electrons. The lowest BCUT2D eigenvalue weighted by molar-refractivity contribution is 0.0887. The molecule has 3 aliphatic carbocycles. The third-order valence-electron chi connectivity index (χ3n) is 7.23. The van der Waals surface area contributed by atoms with Crippen LogP contribution in [0.15, 0.2) is 36.4 Å². The van der Waals surface area contributed by atoms with Gasteiger partial charge in [-0.15, -0.1) is 0 Å². The molecule has 5 rings (SSSR count). The van der Waals surface area contributed by atoms with E-state index in [0.717, 1.165) is 79.7 Å². The molecule has 0 bridgehead atoms. The number of ether oxygens (including phenoxy) is 2. The van der Waals surface area contributed by atoms with Crippen LogP contribution >= 0.6 is 0 Å². The summed E-state index contributed by atoms with van der Waals surface area (Å²) < 4.78 is 11.4. The number of fused-ring (bicyclic) bond motifs is 2. The van der Waals surface area contributed by atoms with Gasteiger partial charge in [-0.05, 0) is 104 Å². The van der Waals surface area contributed by atoms with Gasteiger partial charge in [0.25, 0.3) is 0 Å². The van der Waals surface area contributed by atoms with Crippen molar-refractivity contribution in [2.75, 3.05) is 13.7 Å². The Morgan fingerprint density at radius 1 is 1.00 bits per heavy atom. The Morgan fingerprint density at radius 3 is 2.70 bits per heavy atom. The zero-order valence-electron chi connectivity index (χ0n) is 17.6. The predicted molar refractivity (Wildman–Crippen MR) is 115 cm³/mol. The van der Waals surface area contributed by atoms with E-state index < -0.39 is 0 Å². The van der Waals surface area contributed by atoms with Crippen LogP contribution in [0.25, 0.3) is 0 Å².